The minimum atomic E-state index is -3.70. The van der Waals surface area contributed by atoms with E-state index in [9.17, 15) is 13.2 Å². The molecule has 3 rings (SSSR count). The first-order chi connectivity index (χ1) is 12.8. The molecule has 5 nitrogen and oxygen atoms in total. The second-order valence-electron chi connectivity index (χ2n) is 7.38. The van der Waals surface area contributed by atoms with Crippen LogP contribution in [0.3, 0.4) is 0 Å². The van der Waals surface area contributed by atoms with Crippen LogP contribution >= 0.6 is 0 Å². The predicted molar refractivity (Wildman–Crippen MR) is 107 cm³/mol. The van der Waals surface area contributed by atoms with Gasteiger partial charge in [0.25, 0.3) is 15.9 Å². The van der Waals surface area contributed by atoms with Crippen molar-refractivity contribution < 1.29 is 13.2 Å². The summed E-state index contributed by atoms with van der Waals surface area (Å²) < 4.78 is 28.0. The van der Waals surface area contributed by atoms with Crippen LogP contribution in [0, 0.1) is 19.8 Å². The fourth-order valence-corrected chi connectivity index (χ4v) is 4.52. The number of amides is 1. The molecule has 1 amide bonds. The van der Waals surface area contributed by atoms with Crippen LogP contribution in [0.4, 0.5) is 5.69 Å². The SMILES string of the molecule is Cc1cccc(NS(=O)(=O)c2ccc(C(=O)N3CCCC(C)C3)cc2)c1C. The van der Waals surface area contributed by atoms with Gasteiger partial charge in [0, 0.05) is 18.7 Å². The van der Waals surface area contributed by atoms with Crippen molar-refractivity contribution in [1.82, 2.24) is 4.90 Å². The Morgan fingerprint density at radius 3 is 2.48 bits per heavy atom. The van der Waals surface area contributed by atoms with Crippen LogP contribution in [0.2, 0.25) is 0 Å². The van der Waals surface area contributed by atoms with Gasteiger partial charge in [0.1, 0.15) is 0 Å². The number of benzene rings is 2. The molecule has 6 heteroatoms. The lowest BCUT2D eigenvalue weighted by atomic mass is 9.99. The van der Waals surface area contributed by atoms with Crippen LogP contribution in [-0.2, 0) is 10.0 Å². The summed E-state index contributed by atoms with van der Waals surface area (Å²) in [5.74, 6) is 0.470. The van der Waals surface area contributed by atoms with Gasteiger partial charge in [-0.1, -0.05) is 19.1 Å². The van der Waals surface area contributed by atoms with Gasteiger partial charge >= 0.3 is 0 Å². The number of carbonyl (C=O) groups excluding carboxylic acids is 1. The third-order valence-electron chi connectivity index (χ3n) is 5.20. The van der Waals surface area contributed by atoms with E-state index in [4.69, 9.17) is 0 Å². The van der Waals surface area contributed by atoms with E-state index in [0.717, 1.165) is 37.1 Å². The summed E-state index contributed by atoms with van der Waals surface area (Å²) in [7, 11) is -3.70. The second-order valence-corrected chi connectivity index (χ2v) is 9.06. The maximum atomic E-state index is 12.7. The molecule has 0 saturated carbocycles. The minimum Gasteiger partial charge on any atom is -0.338 e. The standard InChI is InChI=1S/C21H26N2O3S/c1-15-6-5-13-23(14-15)21(24)18-9-11-19(12-10-18)27(25,26)22-20-8-4-7-16(2)17(20)3/h4,7-12,15,22H,5-6,13-14H2,1-3H3. The first-order valence-corrected chi connectivity index (χ1v) is 10.7. The zero-order valence-electron chi connectivity index (χ0n) is 16.0. The first kappa shape index (κ1) is 19.4. The molecule has 1 heterocycles. The molecule has 0 spiro atoms. The fourth-order valence-electron chi connectivity index (χ4n) is 3.40. The molecule has 1 saturated heterocycles. The monoisotopic (exact) mass is 386 g/mol. The molecule has 144 valence electrons. The van der Waals surface area contributed by atoms with Crippen LogP contribution in [0.1, 0.15) is 41.3 Å². The van der Waals surface area contributed by atoms with Crippen molar-refractivity contribution in [2.75, 3.05) is 17.8 Å². The minimum absolute atomic E-state index is 0.0343. The largest absolute Gasteiger partial charge is 0.338 e. The number of hydrogen-bond donors (Lipinski definition) is 1. The zero-order chi connectivity index (χ0) is 19.6. The molecule has 1 fully saturated rings. The van der Waals surface area contributed by atoms with Gasteiger partial charge in [-0.3, -0.25) is 9.52 Å². The van der Waals surface area contributed by atoms with Gasteiger partial charge in [0.05, 0.1) is 10.6 Å². The summed E-state index contributed by atoms with van der Waals surface area (Å²) in [4.78, 5) is 14.6. The van der Waals surface area contributed by atoms with Crippen molar-refractivity contribution in [1.29, 1.82) is 0 Å². The van der Waals surface area contributed by atoms with E-state index < -0.39 is 10.0 Å². The highest BCUT2D eigenvalue weighted by Gasteiger charge is 2.23. The predicted octanol–water partition coefficient (Wildman–Crippen LogP) is 3.98. The number of rotatable bonds is 4. The molecule has 0 radical (unpaired) electrons. The van der Waals surface area contributed by atoms with E-state index in [1.54, 1.807) is 18.2 Å². The number of nitrogens with one attached hydrogen (secondary N) is 1. The summed E-state index contributed by atoms with van der Waals surface area (Å²) in [6, 6.07) is 11.7. The van der Waals surface area contributed by atoms with Crippen molar-refractivity contribution in [2.24, 2.45) is 5.92 Å². The number of piperidine rings is 1. The van der Waals surface area contributed by atoms with Crippen LogP contribution in [0.25, 0.3) is 0 Å². The van der Waals surface area contributed by atoms with Gasteiger partial charge in [-0.2, -0.15) is 0 Å². The lowest BCUT2D eigenvalue weighted by Gasteiger charge is -2.31. The van der Waals surface area contributed by atoms with Crippen molar-refractivity contribution in [3.63, 3.8) is 0 Å². The van der Waals surface area contributed by atoms with Crippen LogP contribution < -0.4 is 4.72 Å². The average molecular weight is 387 g/mol. The highest BCUT2D eigenvalue weighted by molar-refractivity contribution is 7.92. The highest BCUT2D eigenvalue weighted by atomic mass is 32.2. The first-order valence-electron chi connectivity index (χ1n) is 9.26. The number of hydrogen-bond acceptors (Lipinski definition) is 3. The molecular weight excluding hydrogens is 360 g/mol. The summed E-state index contributed by atoms with van der Waals surface area (Å²) in [6.07, 6.45) is 2.16. The highest BCUT2D eigenvalue weighted by Crippen LogP contribution is 2.23. The van der Waals surface area contributed by atoms with Gasteiger partial charge in [-0.05, 0) is 74.1 Å². The normalized spacial score (nSPS) is 17.6. The van der Waals surface area contributed by atoms with Crippen molar-refractivity contribution in [3.05, 3.63) is 59.2 Å². The molecule has 0 aliphatic carbocycles. The molecule has 2 aromatic rings. The smallest absolute Gasteiger partial charge is 0.261 e. The Morgan fingerprint density at radius 2 is 1.81 bits per heavy atom. The zero-order valence-corrected chi connectivity index (χ0v) is 16.8. The van der Waals surface area contributed by atoms with E-state index in [0.29, 0.717) is 17.2 Å². The Morgan fingerprint density at radius 1 is 1.11 bits per heavy atom. The summed E-state index contributed by atoms with van der Waals surface area (Å²) >= 11 is 0. The van der Waals surface area contributed by atoms with E-state index >= 15 is 0 Å². The topological polar surface area (TPSA) is 66.5 Å². The number of carbonyl (C=O) groups is 1. The quantitative estimate of drug-likeness (QED) is 0.864. The van der Waals surface area contributed by atoms with Crippen molar-refractivity contribution in [2.45, 2.75) is 38.5 Å². The Labute approximate surface area is 161 Å². The maximum absolute atomic E-state index is 12.7. The van der Waals surface area contributed by atoms with Gasteiger partial charge < -0.3 is 4.90 Å². The third-order valence-corrected chi connectivity index (χ3v) is 6.59. The number of sulfonamides is 1. The summed E-state index contributed by atoms with van der Waals surface area (Å²) in [5, 5.41) is 0. The Bertz CT molecular complexity index is 936. The number of aryl methyl sites for hydroxylation is 1. The van der Waals surface area contributed by atoms with Gasteiger partial charge in [0.15, 0.2) is 0 Å². The van der Waals surface area contributed by atoms with E-state index in [2.05, 4.69) is 11.6 Å². The molecule has 2 aromatic carbocycles. The lowest BCUT2D eigenvalue weighted by Crippen LogP contribution is -2.39. The van der Waals surface area contributed by atoms with Crippen molar-refractivity contribution in [3.8, 4) is 0 Å². The van der Waals surface area contributed by atoms with Crippen molar-refractivity contribution >= 4 is 21.6 Å². The number of likely N-dealkylation sites (tertiary alicyclic amines) is 1. The van der Waals surface area contributed by atoms with Gasteiger partial charge in [0.2, 0.25) is 0 Å². The molecule has 1 aliphatic rings. The maximum Gasteiger partial charge on any atom is 0.261 e. The summed E-state index contributed by atoms with van der Waals surface area (Å²) in [5.41, 5.74) is 3.01. The van der Waals surface area contributed by atoms with E-state index in [1.807, 2.05) is 30.9 Å². The van der Waals surface area contributed by atoms with Gasteiger partial charge in [-0.25, -0.2) is 8.42 Å². The Balaban J connectivity index is 1.77. The molecule has 1 N–H and O–H groups in total. The Hall–Kier alpha value is -2.34. The van der Waals surface area contributed by atoms with Crippen LogP contribution in [-0.4, -0.2) is 32.3 Å². The van der Waals surface area contributed by atoms with Crippen LogP contribution in [0.5, 0.6) is 0 Å². The summed E-state index contributed by atoms with van der Waals surface area (Å²) in [6.45, 7) is 7.49. The fraction of sp³-hybridized carbons (Fsp3) is 0.381. The Kier molecular flexibility index (Phi) is 5.56. The second kappa shape index (κ2) is 7.72. The molecule has 0 aromatic heterocycles. The molecule has 1 aliphatic heterocycles. The lowest BCUT2D eigenvalue weighted by molar-refractivity contribution is 0.0683. The third kappa shape index (κ3) is 4.33. The van der Waals surface area contributed by atoms with E-state index in [-0.39, 0.29) is 10.8 Å². The average Bonchev–Trinajstić information content (AvgIpc) is 2.65. The van der Waals surface area contributed by atoms with E-state index in [1.165, 1.54) is 12.1 Å². The molecule has 0 bridgehead atoms. The number of anilines is 1. The number of nitrogens with zero attached hydrogens (tertiary/aromatic N) is 1. The molecule has 27 heavy (non-hydrogen) atoms. The molecular formula is C21H26N2O3S. The van der Waals surface area contributed by atoms with Crippen LogP contribution in [0.15, 0.2) is 47.4 Å². The molecule has 1 unspecified atom stereocenters. The molecule has 1 atom stereocenters. The van der Waals surface area contributed by atoms with Gasteiger partial charge in [-0.15, -0.1) is 0 Å².